The van der Waals surface area contributed by atoms with Gasteiger partial charge in [-0.2, -0.15) is 4.57 Å². The van der Waals surface area contributed by atoms with E-state index >= 15 is 0 Å². The smallest absolute Gasteiger partial charge is 0.352 e. The van der Waals surface area contributed by atoms with Crippen molar-refractivity contribution < 1.29 is 38.8 Å². The van der Waals surface area contributed by atoms with Gasteiger partial charge in [-0.15, -0.1) is 23.1 Å². The lowest BCUT2D eigenvalue weighted by atomic mass is 9.89. The van der Waals surface area contributed by atoms with Crippen LogP contribution in [0.5, 0.6) is 0 Å². The number of Topliss-reactive ketones (excluding diaryl/α,β-unsaturated/α-hetero) is 1. The Labute approximate surface area is 330 Å². The molecule has 17 heteroatoms. The molecular formula is C39H43N8O7S2+. The maximum atomic E-state index is 13.6. The molecule has 0 radical (unpaired) electrons. The first-order valence-electron chi connectivity index (χ1n) is 18.3. The number of pyridine rings is 1. The number of nitrogens with two attached hydrogens (primary N) is 2. The van der Waals surface area contributed by atoms with Crippen LogP contribution in [0, 0.1) is 5.92 Å². The van der Waals surface area contributed by atoms with Gasteiger partial charge in [-0.05, 0) is 38.3 Å². The van der Waals surface area contributed by atoms with Gasteiger partial charge in [0.25, 0.3) is 0 Å². The van der Waals surface area contributed by atoms with Gasteiger partial charge in [-0.3, -0.25) is 19.5 Å². The van der Waals surface area contributed by atoms with Gasteiger partial charge in [0.1, 0.15) is 22.7 Å². The van der Waals surface area contributed by atoms with Gasteiger partial charge in [0.15, 0.2) is 29.4 Å². The number of rotatable bonds is 14. The molecule has 1 aromatic carbocycles. The first kappa shape index (κ1) is 38.7. The van der Waals surface area contributed by atoms with E-state index in [1.807, 2.05) is 47.3 Å². The Balaban J connectivity index is 1.06. The van der Waals surface area contributed by atoms with E-state index in [1.165, 1.54) is 55.2 Å². The summed E-state index contributed by atoms with van der Waals surface area (Å²) in [5, 5.41) is 24.7. The zero-order valence-corrected chi connectivity index (χ0v) is 32.6. The molecule has 3 aromatic heterocycles. The molecule has 2 atom stereocenters. The number of β-lactam (4-membered cyclic amide) rings is 1. The van der Waals surface area contributed by atoms with Crippen LogP contribution in [0.1, 0.15) is 69.2 Å². The summed E-state index contributed by atoms with van der Waals surface area (Å²) in [6.45, 7) is 3.41. The van der Waals surface area contributed by atoms with Gasteiger partial charge in [0.05, 0.1) is 17.3 Å². The van der Waals surface area contributed by atoms with Crippen molar-refractivity contribution in [3.63, 3.8) is 0 Å². The standard InChI is InChI=1S/C39H42N8O7S2/c1-39(2,37(52)53)54-44-31(27-21-56-38(41)43-27)30(48)17-26-34(49)47-32(36(50)51)24(20-55-35(26)47)19-45-15-6-9-28-29(45)14-16-46(28)18-22-10-12-23(13-11-22)33(40)42-25-7-4-3-5-8-25/h6,9-16,21,25-26,35H,3-5,7-8,17-20H2,1-2H3,(H5-,40,41,42,43,50,51,52,53)/p+1/b44-31-/t26-,35-/m1/s1. The van der Waals surface area contributed by atoms with Crippen LogP contribution in [-0.2, 0) is 37.1 Å². The average molecular weight is 800 g/mol. The van der Waals surface area contributed by atoms with Crippen LogP contribution in [0.25, 0.3) is 11.0 Å². The van der Waals surface area contributed by atoms with Gasteiger partial charge in [0, 0.05) is 53.6 Å². The molecule has 15 nitrogen and oxygen atoms in total. The third kappa shape index (κ3) is 7.91. The molecule has 0 bridgehead atoms. The van der Waals surface area contributed by atoms with Crippen LogP contribution in [0.4, 0.5) is 5.13 Å². The van der Waals surface area contributed by atoms with Crippen molar-refractivity contribution in [2.24, 2.45) is 21.8 Å². The van der Waals surface area contributed by atoms with Crippen LogP contribution >= 0.6 is 23.1 Å². The fraction of sp³-hybridized carbons (Fsp3) is 0.385. The summed E-state index contributed by atoms with van der Waals surface area (Å²) >= 11 is 2.45. The van der Waals surface area contributed by atoms with E-state index in [-0.39, 0.29) is 35.2 Å². The summed E-state index contributed by atoms with van der Waals surface area (Å²) in [7, 11) is 0. The lowest BCUT2D eigenvalue weighted by molar-refractivity contribution is -0.663. The highest BCUT2D eigenvalue weighted by Crippen LogP contribution is 2.45. The highest BCUT2D eigenvalue weighted by Gasteiger charge is 2.54. The minimum absolute atomic E-state index is 0.0881. The molecule has 7 rings (SSSR count). The van der Waals surface area contributed by atoms with E-state index < -0.39 is 40.5 Å². The molecule has 56 heavy (non-hydrogen) atoms. The summed E-state index contributed by atoms with van der Waals surface area (Å²) in [6, 6.07) is 14.4. The second kappa shape index (κ2) is 15.9. The number of aliphatic imine (C=N–C) groups is 1. The molecule has 2 fully saturated rings. The van der Waals surface area contributed by atoms with Crippen molar-refractivity contribution in [3.05, 3.63) is 88.3 Å². The number of thioether (sulfide) groups is 1. The second-order valence-corrected chi connectivity index (χ2v) is 16.7. The first-order valence-corrected chi connectivity index (χ1v) is 20.3. The van der Waals surface area contributed by atoms with E-state index in [4.69, 9.17) is 21.3 Å². The maximum Gasteiger partial charge on any atom is 0.352 e. The van der Waals surface area contributed by atoms with Crippen LogP contribution in [0.3, 0.4) is 0 Å². The Kier molecular flexibility index (Phi) is 11.0. The van der Waals surface area contributed by atoms with Gasteiger partial charge in [0.2, 0.25) is 17.0 Å². The number of oxime groups is 1. The predicted molar refractivity (Wildman–Crippen MR) is 212 cm³/mol. The number of thiazole rings is 1. The Morgan fingerprint density at radius 1 is 1.09 bits per heavy atom. The van der Waals surface area contributed by atoms with Gasteiger partial charge >= 0.3 is 11.9 Å². The van der Waals surface area contributed by atoms with E-state index in [2.05, 4.69) is 26.8 Å². The summed E-state index contributed by atoms with van der Waals surface area (Å²) in [6.07, 6.45) is 9.41. The molecule has 5 heterocycles. The topological polar surface area (TPSA) is 220 Å². The zero-order valence-electron chi connectivity index (χ0n) is 31.0. The predicted octanol–water partition coefficient (Wildman–Crippen LogP) is 4.17. The lowest BCUT2D eigenvalue weighted by Crippen LogP contribution is -2.62. The van der Waals surface area contributed by atoms with Crippen LogP contribution < -0.4 is 16.0 Å². The Morgan fingerprint density at radius 2 is 1.84 bits per heavy atom. The number of anilines is 1. The number of hydrogen-bond acceptors (Lipinski definition) is 11. The van der Waals surface area contributed by atoms with E-state index in [0.717, 1.165) is 46.3 Å². The van der Waals surface area contributed by atoms with Crippen molar-refractivity contribution in [2.75, 3.05) is 11.5 Å². The van der Waals surface area contributed by atoms with Crippen LogP contribution in [0.2, 0.25) is 0 Å². The highest BCUT2D eigenvalue weighted by molar-refractivity contribution is 8.00. The third-order valence-electron chi connectivity index (χ3n) is 10.3. The summed E-state index contributed by atoms with van der Waals surface area (Å²) in [5.41, 5.74) is 14.5. The molecule has 1 saturated heterocycles. The normalized spacial score (nSPS) is 19.5. The zero-order chi connectivity index (χ0) is 39.7. The molecule has 292 valence electrons. The summed E-state index contributed by atoms with van der Waals surface area (Å²) < 4.78 is 4.10. The molecule has 0 unspecified atom stereocenters. The van der Waals surface area contributed by atoms with Crippen molar-refractivity contribution in [2.45, 2.75) is 82.5 Å². The van der Waals surface area contributed by atoms with E-state index in [1.54, 1.807) is 0 Å². The SMILES string of the molecule is CC(C)(O/N=C(\C(=O)C[C@@H]1C(=O)N2C(C(=O)O)=C(C[n+]3cccc4c3ccn4Cc3ccc(C(N)=NC4CCCCC4)cc3)CS[C@H]12)c1csc(N)n1)C(=O)O. The molecule has 1 amide bonds. The first-order chi connectivity index (χ1) is 26.8. The molecule has 2 aliphatic heterocycles. The number of amides is 1. The quantitative estimate of drug-likeness (QED) is 0.0466. The number of ketones is 1. The van der Waals surface area contributed by atoms with Crippen LogP contribution in [-0.4, -0.2) is 82.6 Å². The summed E-state index contributed by atoms with van der Waals surface area (Å²) in [5.74, 6) is -3.58. The van der Waals surface area contributed by atoms with Crippen molar-refractivity contribution in [3.8, 4) is 0 Å². The number of aliphatic carboxylic acids is 2. The number of aromatic nitrogens is 3. The van der Waals surface area contributed by atoms with Crippen LogP contribution in [0.15, 0.2) is 81.7 Å². The molecule has 0 spiro atoms. The number of carbonyl (C=O) groups is 4. The van der Waals surface area contributed by atoms with Gasteiger partial charge in [-0.1, -0.05) is 48.7 Å². The second-order valence-electron chi connectivity index (χ2n) is 14.7. The number of carboxylic acid groups (broad SMARTS) is 2. The minimum atomic E-state index is -1.75. The number of amidine groups is 1. The highest BCUT2D eigenvalue weighted by atomic mass is 32.2. The number of hydrogen-bond donors (Lipinski definition) is 4. The Bertz CT molecular complexity index is 2290. The fourth-order valence-corrected chi connectivity index (χ4v) is 9.18. The number of nitrogens with zero attached hydrogens (tertiary/aromatic N) is 6. The molecule has 1 aliphatic carbocycles. The number of nitrogen functional groups attached to an aromatic ring is 1. The average Bonchev–Trinajstić information content (AvgIpc) is 3.80. The molecule has 3 aliphatic rings. The number of benzene rings is 1. The Hall–Kier alpha value is -5.55. The van der Waals surface area contributed by atoms with Gasteiger partial charge in [-0.25, -0.2) is 14.6 Å². The van der Waals surface area contributed by atoms with Crippen molar-refractivity contribution in [1.29, 1.82) is 0 Å². The van der Waals surface area contributed by atoms with E-state index in [9.17, 15) is 29.4 Å². The molecule has 6 N–H and O–H groups in total. The van der Waals surface area contributed by atoms with Gasteiger partial charge < -0.3 is 31.1 Å². The molecule has 4 aromatic rings. The number of fused-ring (bicyclic) bond motifs is 2. The lowest BCUT2D eigenvalue weighted by Gasteiger charge is -2.49. The molecular weight excluding hydrogens is 757 g/mol. The monoisotopic (exact) mass is 799 g/mol. The van der Waals surface area contributed by atoms with E-state index in [0.29, 0.717) is 29.7 Å². The third-order valence-corrected chi connectivity index (χ3v) is 12.4. The number of carboxylic acids is 2. The fourth-order valence-electron chi connectivity index (χ4n) is 7.23. The molecule has 1 saturated carbocycles. The minimum Gasteiger partial charge on any atom is -0.478 e. The maximum absolute atomic E-state index is 13.6. The summed E-state index contributed by atoms with van der Waals surface area (Å²) in [4.78, 5) is 66.8. The largest absolute Gasteiger partial charge is 0.478 e. The number of carbonyl (C=O) groups excluding carboxylic acids is 2. The van der Waals surface area contributed by atoms with Crippen molar-refractivity contribution >= 4 is 74.4 Å². The Morgan fingerprint density at radius 3 is 2.52 bits per heavy atom. The van der Waals surface area contributed by atoms with Crippen molar-refractivity contribution in [1.82, 2.24) is 14.5 Å².